The lowest BCUT2D eigenvalue weighted by Gasteiger charge is -2.27. The van der Waals surface area contributed by atoms with Gasteiger partial charge in [0.25, 0.3) is 5.91 Å². The fraction of sp³-hybridized carbons (Fsp3) is 0.273. The van der Waals surface area contributed by atoms with Gasteiger partial charge in [0.2, 0.25) is 0 Å². The van der Waals surface area contributed by atoms with Gasteiger partial charge in [-0.1, -0.05) is 11.6 Å². The van der Waals surface area contributed by atoms with Gasteiger partial charge in [0.15, 0.2) is 0 Å². The van der Waals surface area contributed by atoms with Crippen molar-refractivity contribution in [1.82, 2.24) is 5.32 Å². The van der Waals surface area contributed by atoms with Gasteiger partial charge < -0.3 is 10.6 Å². The number of hydrogen-bond donors (Lipinski definition) is 2. The van der Waals surface area contributed by atoms with Crippen LogP contribution < -0.4 is 10.6 Å². The molecule has 4 nitrogen and oxygen atoms in total. The number of amides is 1. The van der Waals surface area contributed by atoms with Gasteiger partial charge in [0.1, 0.15) is 6.17 Å². The Bertz CT molecular complexity index is 467. The highest BCUT2D eigenvalue weighted by molar-refractivity contribution is 6.31. The van der Waals surface area contributed by atoms with Crippen LogP contribution in [0.5, 0.6) is 0 Å². The van der Waals surface area contributed by atoms with Gasteiger partial charge in [0, 0.05) is 17.1 Å². The van der Waals surface area contributed by atoms with E-state index < -0.39 is 0 Å². The summed E-state index contributed by atoms with van der Waals surface area (Å²) in [4.78, 5) is 11.7. The van der Waals surface area contributed by atoms with E-state index in [0.717, 1.165) is 5.69 Å². The van der Waals surface area contributed by atoms with Gasteiger partial charge in [0.05, 0.1) is 11.6 Å². The van der Waals surface area contributed by atoms with E-state index in [1.165, 1.54) is 0 Å². The summed E-state index contributed by atoms with van der Waals surface area (Å²) in [5.74, 6) is -0.131. The van der Waals surface area contributed by atoms with E-state index in [1.54, 1.807) is 18.2 Å². The first-order valence-electron chi connectivity index (χ1n) is 4.94. The zero-order valence-electron chi connectivity index (χ0n) is 8.46. The van der Waals surface area contributed by atoms with Gasteiger partial charge in [-0.3, -0.25) is 4.79 Å². The van der Waals surface area contributed by atoms with Crippen molar-refractivity contribution in [1.29, 1.82) is 5.26 Å². The monoisotopic (exact) mass is 235 g/mol. The molecule has 2 rings (SSSR count). The third kappa shape index (κ3) is 2.10. The van der Waals surface area contributed by atoms with Gasteiger partial charge in [-0.2, -0.15) is 5.26 Å². The van der Waals surface area contributed by atoms with E-state index in [2.05, 4.69) is 10.6 Å². The molecule has 0 aliphatic carbocycles. The number of carbonyl (C=O) groups is 1. The summed E-state index contributed by atoms with van der Waals surface area (Å²) >= 11 is 5.85. The standard InChI is InChI=1S/C11H10ClN3O/c12-7-3-4-8-9(6-7)14-10(2-1-5-13)15-11(8)16/h3-4,6,10,14H,1-2H2,(H,15,16). The largest absolute Gasteiger partial charge is 0.365 e. The molecule has 1 atom stereocenters. The Morgan fingerprint density at radius 2 is 2.25 bits per heavy atom. The molecule has 0 radical (unpaired) electrons. The smallest absolute Gasteiger partial charge is 0.254 e. The Morgan fingerprint density at radius 3 is 3.00 bits per heavy atom. The third-order valence-electron chi connectivity index (χ3n) is 2.41. The number of nitrogens with one attached hydrogen (secondary N) is 2. The maximum absolute atomic E-state index is 11.7. The Balaban J connectivity index is 2.21. The van der Waals surface area contributed by atoms with Gasteiger partial charge >= 0.3 is 0 Å². The Kier molecular flexibility index (Phi) is 2.97. The highest BCUT2D eigenvalue weighted by atomic mass is 35.5. The number of fused-ring (bicyclic) bond motifs is 1. The van der Waals surface area contributed by atoms with Crippen LogP contribution in [-0.2, 0) is 0 Å². The average Bonchev–Trinajstić information content (AvgIpc) is 2.25. The minimum atomic E-state index is -0.196. The molecule has 0 bridgehead atoms. The second kappa shape index (κ2) is 4.42. The summed E-state index contributed by atoms with van der Waals surface area (Å²) in [7, 11) is 0. The Hall–Kier alpha value is -1.73. The SMILES string of the molecule is N#CCCC1NC(=O)c2ccc(Cl)cc2N1. The molecule has 2 N–H and O–H groups in total. The zero-order valence-corrected chi connectivity index (χ0v) is 9.21. The van der Waals surface area contributed by atoms with Crippen LogP contribution in [0, 0.1) is 11.3 Å². The molecular formula is C11H10ClN3O. The van der Waals surface area contributed by atoms with Crippen LogP contribution in [0.1, 0.15) is 23.2 Å². The molecule has 16 heavy (non-hydrogen) atoms. The number of benzene rings is 1. The fourth-order valence-corrected chi connectivity index (χ4v) is 1.82. The molecule has 0 saturated carbocycles. The van der Waals surface area contributed by atoms with E-state index in [0.29, 0.717) is 23.4 Å². The van der Waals surface area contributed by atoms with Crippen molar-refractivity contribution in [3.63, 3.8) is 0 Å². The first kappa shape index (κ1) is 10.8. The van der Waals surface area contributed by atoms with Gasteiger partial charge in [-0.25, -0.2) is 0 Å². The predicted octanol–water partition coefficient (Wildman–Crippen LogP) is 2.13. The minimum Gasteiger partial charge on any atom is -0.365 e. The molecule has 1 unspecified atom stereocenters. The van der Waals surface area contributed by atoms with Crippen molar-refractivity contribution in [2.45, 2.75) is 19.0 Å². The number of rotatable bonds is 2. The lowest BCUT2D eigenvalue weighted by molar-refractivity contribution is 0.0934. The van der Waals surface area contributed by atoms with Crippen LogP contribution in [0.3, 0.4) is 0 Å². The van der Waals surface area contributed by atoms with Crippen molar-refractivity contribution in [3.8, 4) is 6.07 Å². The second-order valence-corrected chi connectivity index (χ2v) is 3.99. The van der Waals surface area contributed by atoms with Crippen molar-refractivity contribution < 1.29 is 4.79 Å². The van der Waals surface area contributed by atoms with E-state index in [4.69, 9.17) is 16.9 Å². The maximum Gasteiger partial charge on any atom is 0.254 e. The highest BCUT2D eigenvalue weighted by Crippen LogP contribution is 2.25. The zero-order chi connectivity index (χ0) is 11.5. The molecule has 1 aliphatic rings. The van der Waals surface area contributed by atoms with Crippen molar-refractivity contribution in [2.24, 2.45) is 0 Å². The number of carbonyl (C=O) groups excluding carboxylic acids is 1. The summed E-state index contributed by atoms with van der Waals surface area (Å²) in [5, 5.41) is 15.0. The molecule has 0 saturated heterocycles. The molecule has 82 valence electrons. The number of halogens is 1. The van der Waals surface area contributed by atoms with Crippen molar-refractivity contribution in [3.05, 3.63) is 28.8 Å². The third-order valence-corrected chi connectivity index (χ3v) is 2.64. The number of hydrogen-bond acceptors (Lipinski definition) is 3. The molecule has 0 fully saturated rings. The Labute approximate surface area is 98.2 Å². The number of nitriles is 1. The van der Waals surface area contributed by atoms with Crippen LogP contribution in [-0.4, -0.2) is 12.1 Å². The highest BCUT2D eigenvalue weighted by Gasteiger charge is 2.22. The van der Waals surface area contributed by atoms with Crippen LogP contribution in [0.15, 0.2) is 18.2 Å². The van der Waals surface area contributed by atoms with Crippen LogP contribution >= 0.6 is 11.6 Å². The van der Waals surface area contributed by atoms with E-state index >= 15 is 0 Å². The fourth-order valence-electron chi connectivity index (χ4n) is 1.65. The quantitative estimate of drug-likeness (QED) is 0.825. The first-order chi connectivity index (χ1) is 7.70. The number of nitrogens with zero attached hydrogens (tertiary/aromatic N) is 1. The molecule has 0 spiro atoms. The maximum atomic E-state index is 11.7. The van der Waals surface area contributed by atoms with Gasteiger partial charge in [-0.05, 0) is 24.6 Å². The summed E-state index contributed by atoms with van der Waals surface area (Å²) in [6, 6.07) is 7.12. The lowest BCUT2D eigenvalue weighted by Crippen LogP contribution is -2.44. The molecule has 1 heterocycles. The molecule has 1 aliphatic heterocycles. The first-order valence-corrected chi connectivity index (χ1v) is 5.32. The lowest BCUT2D eigenvalue weighted by atomic mass is 10.1. The molecule has 0 aromatic heterocycles. The molecule has 1 aromatic carbocycles. The molecule has 1 amide bonds. The van der Waals surface area contributed by atoms with E-state index in [9.17, 15) is 4.79 Å². The van der Waals surface area contributed by atoms with Crippen LogP contribution in [0.2, 0.25) is 5.02 Å². The van der Waals surface area contributed by atoms with Crippen LogP contribution in [0.25, 0.3) is 0 Å². The summed E-state index contributed by atoms with van der Waals surface area (Å²) < 4.78 is 0. The van der Waals surface area contributed by atoms with Gasteiger partial charge in [-0.15, -0.1) is 0 Å². The molecule has 5 heteroatoms. The van der Waals surface area contributed by atoms with Crippen molar-refractivity contribution in [2.75, 3.05) is 5.32 Å². The number of anilines is 1. The summed E-state index contributed by atoms with van der Waals surface area (Å²) in [6.45, 7) is 0. The second-order valence-electron chi connectivity index (χ2n) is 3.56. The topological polar surface area (TPSA) is 64.9 Å². The summed E-state index contributed by atoms with van der Waals surface area (Å²) in [6.07, 6.45) is 0.778. The van der Waals surface area contributed by atoms with E-state index in [1.807, 2.05) is 6.07 Å². The molecule has 1 aromatic rings. The normalized spacial score (nSPS) is 18.0. The predicted molar refractivity (Wildman–Crippen MR) is 61.2 cm³/mol. The minimum absolute atomic E-state index is 0.131. The summed E-state index contributed by atoms with van der Waals surface area (Å²) in [5.41, 5.74) is 1.30. The molecular weight excluding hydrogens is 226 g/mol. The van der Waals surface area contributed by atoms with E-state index in [-0.39, 0.29) is 12.1 Å². The Morgan fingerprint density at radius 1 is 1.44 bits per heavy atom. The average molecular weight is 236 g/mol. The van der Waals surface area contributed by atoms with Crippen molar-refractivity contribution >= 4 is 23.2 Å². The van der Waals surface area contributed by atoms with Crippen LogP contribution in [0.4, 0.5) is 5.69 Å².